The number of nitrogens with zero attached hydrogens (tertiary/aromatic N) is 2. The number of likely N-dealkylation sites (tertiary alicyclic amines) is 1. The fraction of sp³-hybridized carbons (Fsp3) is 0.364. The molecule has 6 heteroatoms. The maximum Gasteiger partial charge on any atom is 0.228 e. The second-order valence-electron chi connectivity index (χ2n) is 7.61. The normalized spacial score (nSPS) is 24.8. The Morgan fingerprint density at radius 2 is 1.75 bits per heavy atom. The van der Waals surface area contributed by atoms with Crippen LogP contribution in [0, 0.1) is 17.7 Å². The van der Waals surface area contributed by atoms with Crippen LogP contribution in [0.4, 0.5) is 10.1 Å². The lowest BCUT2D eigenvalue weighted by molar-refractivity contribution is -0.134. The molecule has 2 aromatic carbocycles. The lowest BCUT2D eigenvalue weighted by Crippen LogP contribution is -2.36. The maximum atomic E-state index is 14.1. The minimum atomic E-state index is -0.447. The van der Waals surface area contributed by atoms with Crippen molar-refractivity contribution in [3.8, 4) is 0 Å². The van der Waals surface area contributed by atoms with Crippen molar-refractivity contribution in [3.63, 3.8) is 0 Å². The molecule has 2 N–H and O–H groups in total. The van der Waals surface area contributed by atoms with E-state index < -0.39 is 11.7 Å². The number of hydrogen-bond acceptors (Lipinski definition) is 3. The number of hydrogen-bond donors (Lipinski definition) is 1. The number of carbonyl (C=O) groups is 2. The number of para-hydroxylation sites is 1. The molecular formula is C22H24FN3O2. The van der Waals surface area contributed by atoms with E-state index in [-0.39, 0.29) is 42.3 Å². The van der Waals surface area contributed by atoms with Crippen molar-refractivity contribution in [2.45, 2.75) is 12.3 Å². The highest BCUT2D eigenvalue weighted by Crippen LogP contribution is 2.35. The molecular weight excluding hydrogens is 357 g/mol. The minimum absolute atomic E-state index is 0.0379. The molecule has 0 aromatic heterocycles. The molecule has 0 saturated carbocycles. The first kappa shape index (κ1) is 18.6. The fourth-order valence-electron chi connectivity index (χ4n) is 4.40. The van der Waals surface area contributed by atoms with Gasteiger partial charge in [-0.3, -0.25) is 9.59 Å². The second kappa shape index (κ2) is 7.72. The van der Waals surface area contributed by atoms with Gasteiger partial charge < -0.3 is 15.5 Å². The van der Waals surface area contributed by atoms with Crippen molar-refractivity contribution in [3.05, 3.63) is 66.0 Å². The Morgan fingerprint density at radius 3 is 2.46 bits per heavy atom. The summed E-state index contributed by atoms with van der Waals surface area (Å²) in [5.74, 6) is -0.736. The monoisotopic (exact) mass is 381 g/mol. The van der Waals surface area contributed by atoms with Gasteiger partial charge in [-0.15, -0.1) is 0 Å². The highest BCUT2D eigenvalue weighted by Gasteiger charge is 2.42. The standard InChI is InChI=1S/C22H24FN3O2/c23-19-8-4-5-9-20(19)26-13-16(10-21(26)27)22(28)25-12-17(11-24)18(14-25)15-6-2-1-3-7-15/h1-9,16-18H,10-14,24H2/t16?,17-,18+/m1/s1. The Kier molecular flexibility index (Phi) is 5.13. The zero-order valence-electron chi connectivity index (χ0n) is 15.6. The predicted octanol–water partition coefficient (Wildman–Crippen LogP) is 2.38. The highest BCUT2D eigenvalue weighted by molar-refractivity contribution is 6.00. The number of halogens is 1. The number of benzene rings is 2. The quantitative estimate of drug-likeness (QED) is 0.884. The summed E-state index contributed by atoms with van der Waals surface area (Å²) in [7, 11) is 0. The third-order valence-corrected chi connectivity index (χ3v) is 5.90. The maximum absolute atomic E-state index is 14.1. The third kappa shape index (κ3) is 3.40. The van der Waals surface area contributed by atoms with Crippen LogP contribution in [0.3, 0.4) is 0 Å². The van der Waals surface area contributed by atoms with Gasteiger partial charge in [0.15, 0.2) is 0 Å². The average molecular weight is 381 g/mol. The number of amides is 2. The highest BCUT2D eigenvalue weighted by atomic mass is 19.1. The Bertz CT molecular complexity index is 873. The van der Waals surface area contributed by atoms with Crippen molar-refractivity contribution >= 4 is 17.5 Å². The van der Waals surface area contributed by atoms with Crippen molar-refractivity contribution in [2.24, 2.45) is 17.6 Å². The number of nitrogens with two attached hydrogens (primary N) is 1. The summed E-state index contributed by atoms with van der Waals surface area (Å²) >= 11 is 0. The largest absolute Gasteiger partial charge is 0.341 e. The van der Waals surface area contributed by atoms with E-state index in [2.05, 4.69) is 12.1 Å². The van der Waals surface area contributed by atoms with Gasteiger partial charge in [0.25, 0.3) is 0 Å². The Labute approximate surface area is 163 Å². The molecule has 3 atom stereocenters. The van der Waals surface area contributed by atoms with E-state index >= 15 is 0 Å². The summed E-state index contributed by atoms with van der Waals surface area (Å²) in [6, 6.07) is 16.3. The summed E-state index contributed by atoms with van der Waals surface area (Å²) in [4.78, 5) is 28.8. The first-order chi connectivity index (χ1) is 13.6. The smallest absolute Gasteiger partial charge is 0.228 e. The molecule has 28 heavy (non-hydrogen) atoms. The van der Waals surface area contributed by atoms with E-state index in [9.17, 15) is 14.0 Å². The lowest BCUT2D eigenvalue weighted by atomic mass is 9.89. The van der Waals surface area contributed by atoms with E-state index in [1.165, 1.54) is 16.5 Å². The van der Waals surface area contributed by atoms with Crippen LogP contribution >= 0.6 is 0 Å². The lowest BCUT2D eigenvalue weighted by Gasteiger charge is -2.21. The van der Waals surface area contributed by atoms with Gasteiger partial charge in [0.05, 0.1) is 11.6 Å². The number of rotatable bonds is 4. The van der Waals surface area contributed by atoms with Gasteiger partial charge in [0.1, 0.15) is 5.82 Å². The van der Waals surface area contributed by atoms with Crippen LogP contribution in [0.15, 0.2) is 54.6 Å². The van der Waals surface area contributed by atoms with Gasteiger partial charge in [-0.25, -0.2) is 4.39 Å². The molecule has 2 heterocycles. The van der Waals surface area contributed by atoms with Crippen molar-refractivity contribution in [1.82, 2.24) is 4.90 Å². The van der Waals surface area contributed by atoms with Crippen LogP contribution in [-0.4, -0.2) is 42.9 Å². The van der Waals surface area contributed by atoms with Crippen LogP contribution in [0.5, 0.6) is 0 Å². The van der Waals surface area contributed by atoms with Crippen LogP contribution in [0.1, 0.15) is 17.9 Å². The number of anilines is 1. The molecule has 2 aliphatic heterocycles. The SMILES string of the molecule is NC[C@@H]1CN(C(=O)C2CC(=O)N(c3ccccc3F)C2)C[C@H]1c1ccccc1. The molecule has 2 saturated heterocycles. The van der Waals surface area contributed by atoms with Crippen molar-refractivity contribution in [1.29, 1.82) is 0 Å². The molecule has 1 unspecified atom stereocenters. The zero-order chi connectivity index (χ0) is 19.7. The zero-order valence-corrected chi connectivity index (χ0v) is 15.6. The summed E-state index contributed by atoms with van der Waals surface area (Å²) in [5.41, 5.74) is 7.40. The van der Waals surface area contributed by atoms with Crippen LogP contribution in [-0.2, 0) is 9.59 Å². The molecule has 146 valence electrons. The Balaban J connectivity index is 1.48. The summed E-state index contributed by atoms with van der Waals surface area (Å²) in [6.07, 6.45) is 0.118. The van der Waals surface area contributed by atoms with E-state index in [4.69, 9.17) is 5.73 Å². The molecule has 2 fully saturated rings. The van der Waals surface area contributed by atoms with E-state index in [0.29, 0.717) is 19.6 Å². The molecule has 0 radical (unpaired) electrons. The molecule has 2 amide bonds. The molecule has 0 aliphatic carbocycles. The van der Waals surface area contributed by atoms with Crippen molar-refractivity contribution in [2.75, 3.05) is 31.1 Å². The molecule has 4 rings (SSSR count). The first-order valence-corrected chi connectivity index (χ1v) is 9.67. The van der Waals surface area contributed by atoms with Crippen LogP contribution < -0.4 is 10.6 Å². The molecule has 0 spiro atoms. The molecule has 2 aromatic rings. The van der Waals surface area contributed by atoms with Gasteiger partial charge in [0, 0.05) is 32.0 Å². The number of carbonyl (C=O) groups excluding carboxylic acids is 2. The topological polar surface area (TPSA) is 66.6 Å². The second-order valence-corrected chi connectivity index (χ2v) is 7.61. The summed E-state index contributed by atoms with van der Waals surface area (Å²) in [6.45, 7) is 1.93. The predicted molar refractivity (Wildman–Crippen MR) is 105 cm³/mol. The van der Waals surface area contributed by atoms with Gasteiger partial charge in [-0.2, -0.15) is 0 Å². The molecule has 5 nitrogen and oxygen atoms in total. The average Bonchev–Trinajstić information content (AvgIpc) is 3.32. The minimum Gasteiger partial charge on any atom is -0.341 e. The third-order valence-electron chi connectivity index (χ3n) is 5.90. The van der Waals surface area contributed by atoms with E-state index in [1.54, 1.807) is 18.2 Å². The summed E-state index contributed by atoms with van der Waals surface area (Å²) < 4.78 is 14.1. The van der Waals surface area contributed by atoms with Gasteiger partial charge >= 0.3 is 0 Å². The van der Waals surface area contributed by atoms with Gasteiger partial charge in [-0.05, 0) is 30.2 Å². The summed E-state index contributed by atoms with van der Waals surface area (Å²) in [5, 5.41) is 0. The van der Waals surface area contributed by atoms with Crippen LogP contribution in [0.2, 0.25) is 0 Å². The van der Waals surface area contributed by atoms with Crippen molar-refractivity contribution < 1.29 is 14.0 Å². The van der Waals surface area contributed by atoms with E-state index in [1.807, 2.05) is 23.1 Å². The Morgan fingerprint density at radius 1 is 1.04 bits per heavy atom. The fourth-order valence-corrected chi connectivity index (χ4v) is 4.40. The molecule has 2 aliphatic rings. The Hall–Kier alpha value is -2.73. The van der Waals surface area contributed by atoms with Crippen LogP contribution in [0.25, 0.3) is 0 Å². The van der Waals surface area contributed by atoms with E-state index in [0.717, 1.165) is 0 Å². The van der Waals surface area contributed by atoms with Gasteiger partial charge in [0.2, 0.25) is 11.8 Å². The first-order valence-electron chi connectivity index (χ1n) is 9.67. The van der Waals surface area contributed by atoms with Gasteiger partial charge in [-0.1, -0.05) is 42.5 Å². The molecule has 0 bridgehead atoms.